The molecule has 0 aliphatic rings. The lowest BCUT2D eigenvalue weighted by atomic mass is 9.78. The summed E-state index contributed by atoms with van der Waals surface area (Å²) in [7, 11) is 1.80. The topological polar surface area (TPSA) is 71.0 Å². The lowest BCUT2D eigenvalue weighted by molar-refractivity contribution is 0.422. The van der Waals surface area contributed by atoms with Crippen LogP contribution in [0.5, 0.6) is 5.75 Å². The molecule has 3 aromatic rings. The maximum absolute atomic E-state index is 13.1. The second kappa shape index (κ2) is 6.90. The highest BCUT2D eigenvalue weighted by atomic mass is 16.3. The summed E-state index contributed by atoms with van der Waals surface area (Å²) >= 11 is 0. The van der Waals surface area contributed by atoms with E-state index in [9.17, 15) is 9.90 Å². The van der Waals surface area contributed by atoms with Crippen LogP contribution in [-0.4, -0.2) is 14.2 Å². The molecule has 5 nitrogen and oxygen atoms in total. The number of hydrogen-bond acceptors (Lipinski definition) is 3. The summed E-state index contributed by atoms with van der Waals surface area (Å²) in [5.41, 5.74) is 2.84. The van der Waals surface area contributed by atoms with E-state index in [0.29, 0.717) is 11.1 Å². The summed E-state index contributed by atoms with van der Waals surface area (Å²) in [6.45, 7) is 12.7. The molecular formula is C24H31N3O2. The van der Waals surface area contributed by atoms with Gasteiger partial charge in [0.05, 0.1) is 17.4 Å². The minimum absolute atomic E-state index is 0.149. The fraction of sp³-hybridized carbons (Fsp3) is 0.417. The number of rotatable bonds is 2. The van der Waals surface area contributed by atoms with Gasteiger partial charge in [-0.2, -0.15) is 0 Å². The number of fused-ring (bicyclic) bond motifs is 1. The van der Waals surface area contributed by atoms with Gasteiger partial charge >= 0.3 is 0 Å². The molecule has 0 aliphatic carbocycles. The molecule has 1 aromatic heterocycles. The van der Waals surface area contributed by atoms with Crippen LogP contribution in [0.2, 0.25) is 0 Å². The molecule has 0 unspecified atom stereocenters. The van der Waals surface area contributed by atoms with E-state index >= 15 is 0 Å². The van der Waals surface area contributed by atoms with Crippen molar-refractivity contribution in [3.8, 4) is 5.75 Å². The van der Waals surface area contributed by atoms with Gasteiger partial charge in [-0.3, -0.25) is 14.8 Å². The molecule has 5 heteroatoms. The van der Waals surface area contributed by atoms with Crippen LogP contribution in [0.25, 0.3) is 10.9 Å². The van der Waals surface area contributed by atoms with E-state index in [-0.39, 0.29) is 28.6 Å². The molecule has 0 radical (unpaired) electrons. The van der Waals surface area contributed by atoms with Crippen molar-refractivity contribution in [2.24, 2.45) is 7.05 Å². The summed E-state index contributed by atoms with van der Waals surface area (Å²) in [4.78, 5) is 13.1. The van der Waals surface area contributed by atoms with Crippen LogP contribution in [0.15, 0.2) is 41.2 Å². The minimum Gasteiger partial charge on any atom is -0.507 e. The SMILES string of the molecule is Cn1c(=N)n(Cc2cc(C(C)(C)C)c(O)c(C(C)(C)C)c2)c(=O)c2ccccc21. The highest BCUT2D eigenvalue weighted by molar-refractivity contribution is 5.77. The second-order valence-electron chi connectivity index (χ2n) is 9.83. The van der Waals surface area contributed by atoms with E-state index < -0.39 is 0 Å². The zero-order chi connectivity index (χ0) is 21.7. The molecule has 2 N–H and O–H groups in total. The van der Waals surface area contributed by atoms with Crippen molar-refractivity contribution < 1.29 is 5.11 Å². The number of phenols is 1. The van der Waals surface area contributed by atoms with Crippen LogP contribution in [-0.2, 0) is 24.4 Å². The second-order valence-corrected chi connectivity index (χ2v) is 9.83. The molecule has 2 aromatic carbocycles. The molecule has 154 valence electrons. The van der Waals surface area contributed by atoms with Gasteiger partial charge in [0.2, 0.25) is 5.62 Å². The Hall–Kier alpha value is -2.82. The summed E-state index contributed by atoms with van der Waals surface area (Å²) in [6.07, 6.45) is 0. The molecule has 3 rings (SSSR count). The van der Waals surface area contributed by atoms with Crippen molar-refractivity contribution in [1.29, 1.82) is 5.41 Å². The van der Waals surface area contributed by atoms with E-state index in [1.165, 1.54) is 4.57 Å². The van der Waals surface area contributed by atoms with E-state index in [0.717, 1.165) is 22.2 Å². The number of aromatic hydroxyl groups is 1. The Morgan fingerprint density at radius 3 is 2.00 bits per heavy atom. The fourth-order valence-corrected chi connectivity index (χ4v) is 3.74. The van der Waals surface area contributed by atoms with E-state index in [4.69, 9.17) is 5.41 Å². The monoisotopic (exact) mass is 393 g/mol. The Kier molecular flexibility index (Phi) is 4.98. The lowest BCUT2D eigenvalue weighted by Gasteiger charge is -2.28. The number of para-hydroxylation sites is 1. The molecule has 0 aliphatic heterocycles. The smallest absolute Gasteiger partial charge is 0.263 e. The Bertz CT molecular complexity index is 1170. The standard InChI is InChI=1S/C24H31N3O2/c1-23(2,3)17-12-15(13-18(20(17)28)24(4,5)6)14-27-21(29)16-10-8-9-11-19(16)26(7)22(27)25/h8-13,25,28H,14H2,1-7H3. The first-order valence-corrected chi connectivity index (χ1v) is 9.92. The van der Waals surface area contributed by atoms with Gasteiger partial charge in [0.1, 0.15) is 5.75 Å². The number of nitrogens with zero attached hydrogens (tertiary/aromatic N) is 2. The third-order valence-electron chi connectivity index (χ3n) is 5.44. The van der Waals surface area contributed by atoms with Crippen LogP contribution >= 0.6 is 0 Å². The molecule has 0 spiro atoms. The average molecular weight is 394 g/mol. The first-order chi connectivity index (χ1) is 13.3. The van der Waals surface area contributed by atoms with Gasteiger partial charge < -0.3 is 9.67 Å². The maximum atomic E-state index is 13.1. The van der Waals surface area contributed by atoms with Crippen molar-refractivity contribution in [3.63, 3.8) is 0 Å². The third kappa shape index (κ3) is 3.74. The van der Waals surface area contributed by atoms with Gasteiger partial charge in [0, 0.05) is 7.05 Å². The first-order valence-electron chi connectivity index (χ1n) is 9.92. The van der Waals surface area contributed by atoms with Gasteiger partial charge in [0.15, 0.2) is 0 Å². The molecule has 1 heterocycles. The van der Waals surface area contributed by atoms with Crippen LogP contribution in [0, 0.1) is 5.41 Å². The fourth-order valence-electron chi connectivity index (χ4n) is 3.74. The van der Waals surface area contributed by atoms with Crippen molar-refractivity contribution in [3.05, 3.63) is 69.1 Å². The normalized spacial score (nSPS) is 12.5. The molecule has 0 amide bonds. The van der Waals surface area contributed by atoms with Gasteiger partial charge in [0.25, 0.3) is 5.56 Å². The number of nitrogens with one attached hydrogen (secondary N) is 1. The molecule has 0 atom stereocenters. The minimum atomic E-state index is -0.247. The summed E-state index contributed by atoms with van der Waals surface area (Å²) in [6, 6.07) is 11.3. The molecule has 29 heavy (non-hydrogen) atoms. The summed E-state index contributed by atoms with van der Waals surface area (Å²) < 4.78 is 3.22. The van der Waals surface area contributed by atoms with Crippen molar-refractivity contribution in [2.75, 3.05) is 0 Å². The predicted molar refractivity (Wildman–Crippen MR) is 118 cm³/mol. The average Bonchev–Trinajstić information content (AvgIpc) is 2.62. The van der Waals surface area contributed by atoms with E-state index in [1.807, 2.05) is 30.3 Å². The Morgan fingerprint density at radius 1 is 0.966 bits per heavy atom. The van der Waals surface area contributed by atoms with Crippen LogP contribution < -0.4 is 11.2 Å². The summed E-state index contributed by atoms with van der Waals surface area (Å²) in [5.74, 6) is 0.316. The molecule has 0 saturated heterocycles. The molecule has 0 bridgehead atoms. The predicted octanol–water partition coefficient (Wildman–Crippen LogP) is 4.17. The Labute approximate surface area is 171 Å². The molecule has 0 fully saturated rings. The number of aromatic nitrogens is 2. The highest BCUT2D eigenvalue weighted by Gasteiger charge is 2.26. The number of aryl methyl sites for hydroxylation is 1. The highest BCUT2D eigenvalue weighted by Crippen LogP contribution is 2.39. The zero-order valence-electron chi connectivity index (χ0n) is 18.4. The zero-order valence-corrected chi connectivity index (χ0v) is 18.4. The Balaban J connectivity index is 2.27. The van der Waals surface area contributed by atoms with Crippen molar-refractivity contribution in [2.45, 2.75) is 58.9 Å². The van der Waals surface area contributed by atoms with Gasteiger partial charge in [-0.25, -0.2) is 0 Å². The first kappa shape index (κ1) is 20.9. The Morgan fingerprint density at radius 2 is 1.48 bits per heavy atom. The van der Waals surface area contributed by atoms with Crippen LogP contribution in [0.3, 0.4) is 0 Å². The number of hydrogen-bond donors (Lipinski definition) is 2. The molecule has 0 saturated carbocycles. The van der Waals surface area contributed by atoms with Crippen LogP contribution in [0.4, 0.5) is 0 Å². The maximum Gasteiger partial charge on any atom is 0.263 e. The largest absolute Gasteiger partial charge is 0.507 e. The molecular weight excluding hydrogens is 362 g/mol. The quantitative estimate of drug-likeness (QED) is 0.686. The van der Waals surface area contributed by atoms with Gasteiger partial charge in [-0.15, -0.1) is 0 Å². The van der Waals surface area contributed by atoms with Crippen molar-refractivity contribution in [1.82, 2.24) is 9.13 Å². The summed E-state index contributed by atoms with van der Waals surface area (Å²) in [5, 5.41) is 20.1. The van der Waals surface area contributed by atoms with E-state index in [1.54, 1.807) is 17.7 Å². The van der Waals surface area contributed by atoms with Crippen molar-refractivity contribution >= 4 is 10.9 Å². The number of phenolic OH excluding ortho intramolecular Hbond substituents is 1. The van der Waals surface area contributed by atoms with Crippen LogP contribution in [0.1, 0.15) is 58.2 Å². The van der Waals surface area contributed by atoms with Gasteiger partial charge in [-0.05, 0) is 51.8 Å². The van der Waals surface area contributed by atoms with Gasteiger partial charge in [-0.1, -0.05) is 53.7 Å². The lowest BCUT2D eigenvalue weighted by Crippen LogP contribution is -2.39. The van der Waals surface area contributed by atoms with E-state index in [2.05, 4.69) is 41.5 Å². The third-order valence-corrected chi connectivity index (χ3v) is 5.44. The number of benzene rings is 2.